The molecule has 0 radical (unpaired) electrons. The van der Waals surface area contributed by atoms with Crippen LogP contribution in [0.2, 0.25) is 0 Å². The number of nitrogens with zero attached hydrogens (tertiary/aromatic N) is 7. The van der Waals surface area contributed by atoms with Gasteiger partial charge in [0.25, 0.3) is 0 Å². The second-order valence-electron chi connectivity index (χ2n) is 7.45. The van der Waals surface area contributed by atoms with E-state index in [2.05, 4.69) is 20.1 Å². The standard InChI is InChI=1S/C24H17FN8/c1-14-11-16(9-10-28-14)21-22(15-5-7-17(25)8-6-15)31-24(27)33-23(21)30-20(32-33)12-18-3-2-4-19(13-26)29-18/h2-11H,12H2,1H3,(H2,27,31). The third kappa shape index (κ3) is 3.85. The molecule has 0 amide bonds. The maximum atomic E-state index is 13.6. The van der Waals surface area contributed by atoms with Crippen molar-refractivity contribution in [1.29, 1.82) is 5.26 Å². The molecule has 2 N–H and O–H groups in total. The Morgan fingerprint density at radius 1 is 1.03 bits per heavy atom. The molecule has 33 heavy (non-hydrogen) atoms. The zero-order valence-electron chi connectivity index (χ0n) is 17.6. The van der Waals surface area contributed by atoms with Crippen LogP contribution >= 0.6 is 0 Å². The summed E-state index contributed by atoms with van der Waals surface area (Å²) in [6.07, 6.45) is 2.03. The smallest absolute Gasteiger partial charge is 0.223 e. The number of pyridine rings is 2. The monoisotopic (exact) mass is 436 g/mol. The van der Waals surface area contributed by atoms with Crippen molar-refractivity contribution in [1.82, 2.24) is 29.5 Å². The zero-order valence-corrected chi connectivity index (χ0v) is 17.6. The van der Waals surface area contributed by atoms with Crippen molar-refractivity contribution in [2.45, 2.75) is 13.3 Å². The van der Waals surface area contributed by atoms with Crippen LogP contribution in [0.4, 0.5) is 10.3 Å². The van der Waals surface area contributed by atoms with Crippen molar-refractivity contribution in [3.05, 3.63) is 89.5 Å². The van der Waals surface area contributed by atoms with Gasteiger partial charge in [0.05, 0.1) is 17.7 Å². The van der Waals surface area contributed by atoms with E-state index in [1.165, 1.54) is 16.6 Å². The molecule has 0 bridgehead atoms. The Morgan fingerprint density at radius 2 is 1.85 bits per heavy atom. The molecule has 0 fully saturated rings. The fourth-order valence-electron chi connectivity index (χ4n) is 3.66. The second kappa shape index (κ2) is 8.09. The highest BCUT2D eigenvalue weighted by atomic mass is 19.1. The lowest BCUT2D eigenvalue weighted by Crippen LogP contribution is -2.06. The maximum absolute atomic E-state index is 13.6. The van der Waals surface area contributed by atoms with Gasteiger partial charge in [0.15, 0.2) is 11.5 Å². The molecule has 9 heteroatoms. The number of nitriles is 1. The van der Waals surface area contributed by atoms with E-state index in [0.29, 0.717) is 46.1 Å². The number of aromatic nitrogens is 6. The van der Waals surface area contributed by atoms with E-state index in [1.54, 1.807) is 30.5 Å². The Kier molecular flexibility index (Phi) is 4.95. The van der Waals surface area contributed by atoms with E-state index in [9.17, 15) is 4.39 Å². The molecule has 5 aromatic rings. The summed E-state index contributed by atoms with van der Waals surface area (Å²) in [4.78, 5) is 17.9. The highest BCUT2D eigenvalue weighted by molar-refractivity contribution is 5.90. The first-order valence-electron chi connectivity index (χ1n) is 10.1. The lowest BCUT2D eigenvalue weighted by atomic mass is 10.0. The number of fused-ring (bicyclic) bond motifs is 1. The topological polar surface area (TPSA) is 119 Å². The Bertz CT molecular complexity index is 1530. The van der Waals surface area contributed by atoms with E-state index >= 15 is 0 Å². The molecular weight excluding hydrogens is 419 g/mol. The van der Waals surface area contributed by atoms with Crippen molar-refractivity contribution in [3.63, 3.8) is 0 Å². The van der Waals surface area contributed by atoms with Crippen LogP contribution in [-0.2, 0) is 6.42 Å². The number of rotatable bonds is 4. The van der Waals surface area contributed by atoms with Crippen molar-refractivity contribution >= 4 is 11.6 Å². The van der Waals surface area contributed by atoms with Gasteiger partial charge in [-0.25, -0.2) is 19.3 Å². The molecule has 0 aliphatic rings. The number of hydrogen-bond acceptors (Lipinski definition) is 7. The molecule has 160 valence electrons. The van der Waals surface area contributed by atoms with E-state index in [1.807, 2.05) is 31.2 Å². The summed E-state index contributed by atoms with van der Waals surface area (Å²) in [5.74, 6) is 0.289. The average Bonchev–Trinajstić information content (AvgIpc) is 3.23. The SMILES string of the molecule is Cc1cc(-c2c(-c3ccc(F)cc3)nc(N)n3nc(Cc4cccc(C#N)n4)nc23)ccn1. The van der Waals surface area contributed by atoms with Crippen LogP contribution in [-0.4, -0.2) is 29.5 Å². The number of nitrogens with two attached hydrogens (primary N) is 1. The lowest BCUT2D eigenvalue weighted by molar-refractivity contribution is 0.628. The van der Waals surface area contributed by atoms with Crippen LogP contribution in [0.3, 0.4) is 0 Å². The molecule has 0 aliphatic heterocycles. The van der Waals surface area contributed by atoms with Crippen molar-refractivity contribution < 1.29 is 4.39 Å². The predicted octanol–water partition coefficient (Wildman–Crippen LogP) is 3.74. The molecule has 0 aliphatic carbocycles. The van der Waals surface area contributed by atoms with Crippen LogP contribution in [0.15, 0.2) is 60.8 Å². The number of aryl methyl sites for hydroxylation is 1. The molecule has 1 aromatic carbocycles. The van der Waals surface area contributed by atoms with Gasteiger partial charge in [-0.2, -0.15) is 9.78 Å². The second-order valence-corrected chi connectivity index (χ2v) is 7.45. The van der Waals surface area contributed by atoms with Crippen LogP contribution < -0.4 is 5.73 Å². The van der Waals surface area contributed by atoms with E-state index in [-0.39, 0.29) is 11.8 Å². The van der Waals surface area contributed by atoms with Gasteiger partial charge >= 0.3 is 0 Å². The fraction of sp³-hybridized carbons (Fsp3) is 0.0833. The van der Waals surface area contributed by atoms with Crippen LogP contribution in [0.1, 0.15) is 22.9 Å². The van der Waals surface area contributed by atoms with Gasteiger partial charge in [-0.15, -0.1) is 5.10 Å². The number of halogens is 1. The first kappa shape index (κ1) is 20.2. The van der Waals surface area contributed by atoms with Crippen LogP contribution in [0.5, 0.6) is 0 Å². The highest BCUT2D eigenvalue weighted by Gasteiger charge is 2.20. The van der Waals surface area contributed by atoms with Gasteiger partial charge in [0.1, 0.15) is 17.6 Å². The van der Waals surface area contributed by atoms with Gasteiger partial charge in [-0.05, 0) is 61.0 Å². The van der Waals surface area contributed by atoms with E-state index in [4.69, 9.17) is 16.0 Å². The Balaban J connectivity index is 1.73. The molecule has 0 atom stereocenters. The Hall–Kier alpha value is -4.71. The third-order valence-corrected chi connectivity index (χ3v) is 5.12. The van der Waals surface area contributed by atoms with Gasteiger partial charge in [-0.1, -0.05) is 6.07 Å². The lowest BCUT2D eigenvalue weighted by Gasteiger charge is -2.12. The zero-order chi connectivity index (χ0) is 22.9. The average molecular weight is 436 g/mol. The van der Waals surface area contributed by atoms with Gasteiger partial charge < -0.3 is 5.73 Å². The number of nitrogen functional groups attached to an aromatic ring is 1. The molecule has 4 heterocycles. The van der Waals surface area contributed by atoms with Crippen molar-refractivity contribution in [3.8, 4) is 28.5 Å². The minimum atomic E-state index is -0.342. The van der Waals surface area contributed by atoms with Gasteiger partial charge in [0, 0.05) is 23.1 Å². The summed E-state index contributed by atoms with van der Waals surface area (Å²) < 4.78 is 15.1. The molecule has 8 nitrogen and oxygen atoms in total. The normalized spacial score (nSPS) is 10.9. The fourth-order valence-corrected chi connectivity index (χ4v) is 3.66. The summed E-state index contributed by atoms with van der Waals surface area (Å²) in [7, 11) is 0. The maximum Gasteiger partial charge on any atom is 0.223 e. The molecule has 0 spiro atoms. The third-order valence-electron chi connectivity index (χ3n) is 5.12. The van der Waals surface area contributed by atoms with Crippen molar-refractivity contribution in [2.75, 3.05) is 5.73 Å². The van der Waals surface area contributed by atoms with E-state index in [0.717, 1.165) is 11.3 Å². The minimum absolute atomic E-state index is 0.149. The quantitative estimate of drug-likeness (QED) is 0.456. The predicted molar refractivity (Wildman–Crippen MR) is 120 cm³/mol. The molecule has 0 saturated heterocycles. The van der Waals surface area contributed by atoms with Gasteiger partial charge in [0.2, 0.25) is 5.95 Å². The molecular formula is C24H17FN8. The van der Waals surface area contributed by atoms with Crippen molar-refractivity contribution in [2.24, 2.45) is 0 Å². The van der Waals surface area contributed by atoms with E-state index < -0.39 is 0 Å². The Morgan fingerprint density at radius 3 is 2.61 bits per heavy atom. The summed E-state index contributed by atoms with van der Waals surface area (Å²) in [6.45, 7) is 1.89. The molecule has 4 aromatic heterocycles. The number of benzene rings is 1. The summed E-state index contributed by atoms with van der Waals surface area (Å²) >= 11 is 0. The highest BCUT2D eigenvalue weighted by Crippen LogP contribution is 2.35. The van der Waals surface area contributed by atoms with Crippen LogP contribution in [0.25, 0.3) is 28.0 Å². The van der Waals surface area contributed by atoms with Crippen LogP contribution in [0, 0.1) is 24.1 Å². The molecule has 0 saturated carbocycles. The minimum Gasteiger partial charge on any atom is -0.368 e. The molecule has 5 rings (SSSR count). The largest absolute Gasteiger partial charge is 0.368 e. The number of anilines is 1. The first-order chi connectivity index (χ1) is 16.0. The Labute approximate surface area is 188 Å². The first-order valence-corrected chi connectivity index (χ1v) is 10.1. The summed E-state index contributed by atoms with van der Waals surface area (Å²) in [6, 6.07) is 17.1. The number of hydrogen-bond donors (Lipinski definition) is 1. The molecule has 0 unspecified atom stereocenters. The summed E-state index contributed by atoms with van der Waals surface area (Å²) in [5.41, 5.74) is 11.4. The summed E-state index contributed by atoms with van der Waals surface area (Å²) in [5, 5.41) is 13.7. The van der Waals surface area contributed by atoms with Gasteiger partial charge in [-0.3, -0.25) is 4.98 Å².